The van der Waals surface area contributed by atoms with Gasteiger partial charge in [0, 0.05) is 0 Å². The Bertz CT molecular complexity index is 408. The highest BCUT2D eigenvalue weighted by atomic mass is 19.4. The molecular formula is C11H12F3NO3. The number of hydrogen-bond donors (Lipinski definition) is 1. The molecule has 18 heavy (non-hydrogen) atoms. The van der Waals surface area contributed by atoms with Gasteiger partial charge in [-0.15, -0.1) is 0 Å². The summed E-state index contributed by atoms with van der Waals surface area (Å²) in [4.78, 5) is 11.3. The summed E-state index contributed by atoms with van der Waals surface area (Å²) in [5, 5.41) is 0. The highest BCUT2D eigenvalue weighted by molar-refractivity contribution is 5.80. The molecule has 0 aromatic heterocycles. The highest BCUT2D eigenvalue weighted by Crippen LogP contribution is 2.32. The molecular weight excluding hydrogens is 251 g/mol. The molecule has 0 spiro atoms. The molecule has 1 aromatic rings. The van der Waals surface area contributed by atoms with Crippen LogP contribution in [0.4, 0.5) is 13.2 Å². The lowest BCUT2D eigenvalue weighted by atomic mass is 10.2. The lowest BCUT2D eigenvalue weighted by Gasteiger charge is -2.29. The van der Waals surface area contributed by atoms with Gasteiger partial charge < -0.3 is 9.47 Å². The van der Waals surface area contributed by atoms with E-state index in [0.29, 0.717) is 0 Å². The normalized spacial score (nSPS) is 14.7. The van der Waals surface area contributed by atoms with Crippen molar-refractivity contribution in [3.8, 4) is 5.75 Å². The van der Waals surface area contributed by atoms with Gasteiger partial charge in [-0.3, -0.25) is 5.73 Å². The number of alkyl halides is 3. The summed E-state index contributed by atoms with van der Waals surface area (Å²) in [5.41, 5.74) is 1.51. The monoisotopic (exact) mass is 263 g/mol. The standard InChI is InChI=1S/C11H12F3NO3/c1-2-17-9(16)10(15,11(12,13)14)18-8-6-4-3-5-7-8/h3-7H,2,15H2,1H3. The number of carbonyl (C=O) groups excluding carboxylic acids is 1. The number of esters is 1. The van der Waals surface area contributed by atoms with E-state index >= 15 is 0 Å². The number of rotatable bonds is 4. The van der Waals surface area contributed by atoms with Crippen LogP contribution in [-0.2, 0) is 9.53 Å². The zero-order chi connectivity index (χ0) is 13.8. The summed E-state index contributed by atoms with van der Waals surface area (Å²) in [5.74, 6) is -1.85. The summed E-state index contributed by atoms with van der Waals surface area (Å²) in [6.07, 6.45) is -5.09. The molecule has 1 atom stereocenters. The van der Waals surface area contributed by atoms with E-state index in [9.17, 15) is 18.0 Å². The molecule has 0 aliphatic heterocycles. The van der Waals surface area contributed by atoms with Crippen LogP contribution >= 0.6 is 0 Å². The van der Waals surface area contributed by atoms with Gasteiger partial charge in [-0.25, -0.2) is 4.79 Å². The van der Waals surface area contributed by atoms with Gasteiger partial charge in [-0.1, -0.05) is 18.2 Å². The lowest BCUT2D eigenvalue weighted by molar-refractivity contribution is -0.251. The van der Waals surface area contributed by atoms with Crippen LogP contribution in [0, 0.1) is 0 Å². The fourth-order valence-electron chi connectivity index (χ4n) is 1.13. The van der Waals surface area contributed by atoms with E-state index < -0.39 is 17.9 Å². The van der Waals surface area contributed by atoms with Crippen LogP contribution < -0.4 is 10.5 Å². The van der Waals surface area contributed by atoms with E-state index in [0.717, 1.165) is 0 Å². The Morgan fingerprint density at radius 1 is 1.28 bits per heavy atom. The SMILES string of the molecule is CCOC(=O)C(N)(Oc1ccccc1)C(F)(F)F. The van der Waals surface area contributed by atoms with Crippen LogP contribution in [0.15, 0.2) is 30.3 Å². The average molecular weight is 263 g/mol. The third kappa shape index (κ3) is 2.92. The summed E-state index contributed by atoms with van der Waals surface area (Å²) in [7, 11) is 0. The predicted octanol–water partition coefficient (Wildman–Crippen LogP) is 1.85. The molecule has 4 nitrogen and oxygen atoms in total. The summed E-state index contributed by atoms with van der Waals surface area (Å²) in [6, 6.07) is 7.01. The van der Waals surface area contributed by atoms with Crippen molar-refractivity contribution in [2.75, 3.05) is 6.61 Å². The van der Waals surface area contributed by atoms with Gasteiger partial charge in [-0.2, -0.15) is 13.2 Å². The summed E-state index contributed by atoms with van der Waals surface area (Å²) < 4.78 is 47.3. The van der Waals surface area contributed by atoms with Crippen molar-refractivity contribution < 1.29 is 27.4 Å². The molecule has 0 bridgehead atoms. The minimum Gasteiger partial charge on any atom is -0.462 e. The highest BCUT2D eigenvalue weighted by Gasteiger charge is 2.62. The van der Waals surface area contributed by atoms with Crippen molar-refractivity contribution in [3.05, 3.63) is 30.3 Å². The molecule has 0 radical (unpaired) electrons. The quantitative estimate of drug-likeness (QED) is 0.665. The van der Waals surface area contributed by atoms with Gasteiger partial charge in [0.2, 0.25) is 0 Å². The van der Waals surface area contributed by atoms with Crippen molar-refractivity contribution >= 4 is 5.97 Å². The molecule has 1 aromatic carbocycles. The van der Waals surface area contributed by atoms with Gasteiger partial charge >= 0.3 is 17.9 Å². The van der Waals surface area contributed by atoms with Crippen LogP contribution in [0.2, 0.25) is 0 Å². The number of ether oxygens (including phenoxy) is 2. The van der Waals surface area contributed by atoms with E-state index in [4.69, 9.17) is 5.73 Å². The third-order valence-corrected chi connectivity index (χ3v) is 2.02. The largest absolute Gasteiger partial charge is 0.462 e. The first kappa shape index (κ1) is 14.3. The maximum Gasteiger partial charge on any atom is 0.454 e. The minimum atomic E-state index is -5.09. The number of nitrogens with two attached hydrogens (primary N) is 1. The second-order valence-electron chi connectivity index (χ2n) is 3.37. The molecule has 7 heteroatoms. The number of carbonyl (C=O) groups is 1. The second-order valence-corrected chi connectivity index (χ2v) is 3.37. The Hall–Kier alpha value is -1.76. The van der Waals surface area contributed by atoms with Gasteiger partial charge in [0.25, 0.3) is 0 Å². The number of para-hydroxylation sites is 1. The minimum absolute atomic E-state index is 0.176. The van der Waals surface area contributed by atoms with E-state index in [2.05, 4.69) is 9.47 Å². The van der Waals surface area contributed by atoms with Crippen LogP contribution in [0.1, 0.15) is 6.92 Å². The third-order valence-electron chi connectivity index (χ3n) is 2.02. The first-order valence-corrected chi connectivity index (χ1v) is 5.08. The van der Waals surface area contributed by atoms with Crippen LogP contribution in [-0.4, -0.2) is 24.5 Å². The molecule has 100 valence electrons. The fraction of sp³-hybridized carbons (Fsp3) is 0.364. The van der Waals surface area contributed by atoms with Crippen LogP contribution in [0.3, 0.4) is 0 Å². The van der Waals surface area contributed by atoms with Crippen LogP contribution in [0.25, 0.3) is 0 Å². The number of hydrogen-bond acceptors (Lipinski definition) is 4. The Morgan fingerprint density at radius 2 is 1.83 bits per heavy atom. The van der Waals surface area contributed by atoms with Gasteiger partial charge in [-0.05, 0) is 19.1 Å². The van der Waals surface area contributed by atoms with Crippen molar-refractivity contribution in [1.29, 1.82) is 0 Å². The van der Waals surface area contributed by atoms with E-state index in [-0.39, 0.29) is 12.4 Å². The Balaban J connectivity index is 3.03. The molecule has 0 aliphatic rings. The molecule has 0 saturated carbocycles. The second kappa shape index (κ2) is 5.26. The van der Waals surface area contributed by atoms with Crippen molar-refractivity contribution in [2.45, 2.75) is 18.8 Å². The van der Waals surface area contributed by atoms with Crippen molar-refractivity contribution in [3.63, 3.8) is 0 Å². The van der Waals surface area contributed by atoms with Gasteiger partial charge in [0.1, 0.15) is 5.75 Å². The molecule has 1 unspecified atom stereocenters. The fourth-order valence-corrected chi connectivity index (χ4v) is 1.13. The predicted molar refractivity (Wildman–Crippen MR) is 56.7 cm³/mol. The summed E-state index contributed by atoms with van der Waals surface area (Å²) >= 11 is 0. The first-order valence-electron chi connectivity index (χ1n) is 5.08. The number of halogens is 3. The Kier molecular flexibility index (Phi) is 4.18. The topological polar surface area (TPSA) is 61.5 Å². The molecule has 0 amide bonds. The van der Waals surface area contributed by atoms with Gasteiger partial charge in [0.05, 0.1) is 6.61 Å². The maximum absolute atomic E-state index is 12.8. The van der Waals surface area contributed by atoms with Crippen molar-refractivity contribution in [2.24, 2.45) is 5.73 Å². The summed E-state index contributed by atoms with van der Waals surface area (Å²) in [6.45, 7) is 1.14. The molecule has 0 fully saturated rings. The molecule has 2 N–H and O–H groups in total. The zero-order valence-corrected chi connectivity index (χ0v) is 9.53. The first-order chi connectivity index (χ1) is 8.31. The molecule has 0 heterocycles. The maximum atomic E-state index is 12.8. The molecule has 0 aliphatic carbocycles. The van der Waals surface area contributed by atoms with Gasteiger partial charge in [0.15, 0.2) is 0 Å². The molecule has 0 saturated heterocycles. The van der Waals surface area contributed by atoms with Crippen LogP contribution in [0.5, 0.6) is 5.75 Å². The lowest BCUT2D eigenvalue weighted by Crippen LogP contribution is -2.64. The Morgan fingerprint density at radius 3 is 2.28 bits per heavy atom. The average Bonchev–Trinajstić information content (AvgIpc) is 2.29. The van der Waals surface area contributed by atoms with E-state index in [1.165, 1.54) is 31.2 Å². The van der Waals surface area contributed by atoms with E-state index in [1.54, 1.807) is 6.07 Å². The zero-order valence-electron chi connectivity index (χ0n) is 9.53. The number of benzene rings is 1. The Labute approximate surface area is 101 Å². The van der Waals surface area contributed by atoms with Crippen molar-refractivity contribution in [1.82, 2.24) is 0 Å². The van der Waals surface area contributed by atoms with E-state index in [1.807, 2.05) is 0 Å². The molecule has 1 rings (SSSR count). The smallest absolute Gasteiger partial charge is 0.454 e.